The Balaban J connectivity index is 2.51. The van der Waals surface area contributed by atoms with Crippen LogP contribution in [0.25, 0.3) is 0 Å². The van der Waals surface area contributed by atoms with Gasteiger partial charge in [-0.15, -0.1) is 0 Å². The van der Waals surface area contributed by atoms with E-state index in [1.807, 2.05) is 24.1 Å². The molecular formula is C14H24N2O2S. The van der Waals surface area contributed by atoms with E-state index in [0.717, 1.165) is 12.0 Å². The molecule has 1 rings (SSSR count). The van der Waals surface area contributed by atoms with Crippen LogP contribution in [0.1, 0.15) is 24.1 Å². The number of rotatable bonds is 7. The molecule has 0 aliphatic heterocycles. The standard InChI is InChI=1S/C14H24N2O2S/c1-4-12-5-7-13(8-6-12)14(15)11-16(2)9-10-19(3,17)18/h5-8,14H,4,9-11,15H2,1-3H3. The van der Waals surface area contributed by atoms with Crippen LogP contribution < -0.4 is 5.73 Å². The first-order chi connectivity index (χ1) is 8.81. The summed E-state index contributed by atoms with van der Waals surface area (Å²) in [5, 5.41) is 0. The van der Waals surface area contributed by atoms with Crippen molar-refractivity contribution in [3.63, 3.8) is 0 Å². The summed E-state index contributed by atoms with van der Waals surface area (Å²) in [4.78, 5) is 1.96. The third-order valence-electron chi connectivity index (χ3n) is 3.17. The summed E-state index contributed by atoms with van der Waals surface area (Å²) in [6.07, 6.45) is 2.27. The molecule has 0 fully saturated rings. The van der Waals surface area contributed by atoms with Crippen LogP contribution >= 0.6 is 0 Å². The molecule has 108 valence electrons. The van der Waals surface area contributed by atoms with E-state index in [0.29, 0.717) is 13.1 Å². The van der Waals surface area contributed by atoms with E-state index in [1.165, 1.54) is 11.8 Å². The van der Waals surface area contributed by atoms with Crippen LogP contribution in [-0.4, -0.2) is 45.5 Å². The molecule has 2 N–H and O–H groups in total. The predicted molar refractivity (Wildman–Crippen MR) is 80.0 cm³/mol. The number of nitrogens with zero attached hydrogens (tertiary/aromatic N) is 1. The van der Waals surface area contributed by atoms with Crippen molar-refractivity contribution >= 4 is 9.84 Å². The number of sulfone groups is 1. The zero-order valence-corrected chi connectivity index (χ0v) is 12.8. The average molecular weight is 284 g/mol. The number of likely N-dealkylation sites (N-methyl/N-ethyl adjacent to an activating group) is 1. The lowest BCUT2D eigenvalue weighted by atomic mass is 10.0. The van der Waals surface area contributed by atoms with E-state index in [2.05, 4.69) is 19.1 Å². The summed E-state index contributed by atoms with van der Waals surface area (Å²) in [5.41, 5.74) is 8.52. The molecule has 0 aromatic heterocycles. The van der Waals surface area contributed by atoms with Crippen molar-refractivity contribution in [3.8, 4) is 0 Å². The SMILES string of the molecule is CCc1ccc(C(N)CN(C)CCS(C)(=O)=O)cc1. The van der Waals surface area contributed by atoms with Gasteiger partial charge in [-0.3, -0.25) is 0 Å². The fourth-order valence-corrected chi connectivity index (χ4v) is 2.50. The highest BCUT2D eigenvalue weighted by molar-refractivity contribution is 7.90. The number of hydrogen-bond acceptors (Lipinski definition) is 4. The van der Waals surface area contributed by atoms with E-state index in [9.17, 15) is 8.42 Å². The monoisotopic (exact) mass is 284 g/mol. The van der Waals surface area contributed by atoms with Crippen LogP contribution in [0.3, 0.4) is 0 Å². The Morgan fingerprint density at radius 2 is 1.84 bits per heavy atom. The highest BCUT2D eigenvalue weighted by Gasteiger charge is 2.11. The molecule has 0 bridgehead atoms. The molecule has 19 heavy (non-hydrogen) atoms. The molecule has 0 aliphatic carbocycles. The third-order valence-corrected chi connectivity index (χ3v) is 4.09. The van der Waals surface area contributed by atoms with Crippen LogP contribution in [0, 0.1) is 0 Å². The maximum atomic E-state index is 11.1. The molecular weight excluding hydrogens is 260 g/mol. The summed E-state index contributed by atoms with van der Waals surface area (Å²) < 4.78 is 22.2. The van der Waals surface area contributed by atoms with Gasteiger partial charge < -0.3 is 10.6 Å². The fourth-order valence-electron chi connectivity index (χ4n) is 1.85. The lowest BCUT2D eigenvalue weighted by molar-refractivity contribution is 0.329. The third kappa shape index (κ3) is 6.18. The topological polar surface area (TPSA) is 63.4 Å². The first-order valence-electron chi connectivity index (χ1n) is 6.52. The molecule has 0 spiro atoms. The van der Waals surface area contributed by atoms with Gasteiger partial charge in [0.1, 0.15) is 9.84 Å². The largest absolute Gasteiger partial charge is 0.323 e. The zero-order chi connectivity index (χ0) is 14.5. The van der Waals surface area contributed by atoms with Crippen LogP contribution in [-0.2, 0) is 16.3 Å². The van der Waals surface area contributed by atoms with Gasteiger partial charge in [-0.25, -0.2) is 8.42 Å². The van der Waals surface area contributed by atoms with Crippen LogP contribution in [0.15, 0.2) is 24.3 Å². The van der Waals surface area contributed by atoms with Gasteiger partial charge in [0.25, 0.3) is 0 Å². The molecule has 1 unspecified atom stereocenters. The van der Waals surface area contributed by atoms with Gasteiger partial charge in [-0.2, -0.15) is 0 Å². The second-order valence-electron chi connectivity index (χ2n) is 5.09. The summed E-state index contributed by atoms with van der Waals surface area (Å²) in [7, 11) is -1.02. The Kier molecular flexibility index (Phi) is 5.97. The molecule has 0 heterocycles. The highest BCUT2D eigenvalue weighted by atomic mass is 32.2. The Labute approximate surface area is 116 Å². The number of nitrogens with two attached hydrogens (primary N) is 1. The summed E-state index contributed by atoms with van der Waals surface area (Å²) in [6, 6.07) is 8.19. The van der Waals surface area contributed by atoms with Crippen LogP contribution in [0.2, 0.25) is 0 Å². The van der Waals surface area contributed by atoms with E-state index >= 15 is 0 Å². The lowest BCUT2D eigenvalue weighted by Crippen LogP contribution is -2.32. The smallest absolute Gasteiger partial charge is 0.148 e. The maximum Gasteiger partial charge on any atom is 0.148 e. The second kappa shape index (κ2) is 7.03. The molecule has 5 heteroatoms. The first-order valence-corrected chi connectivity index (χ1v) is 8.58. The maximum absolute atomic E-state index is 11.1. The molecule has 1 aromatic rings. The zero-order valence-electron chi connectivity index (χ0n) is 12.0. The minimum absolute atomic E-state index is 0.0875. The van der Waals surface area contributed by atoms with E-state index in [1.54, 1.807) is 0 Å². The number of hydrogen-bond donors (Lipinski definition) is 1. The van der Waals surface area contributed by atoms with Crippen LogP contribution in [0.5, 0.6) is 0 Å². The minimum atomic E-state index is -2.91. The quantitative estimate of drug-likeness (QED) is 0.818. The fraction of sp³-hybridized carbons (Fsp3) is 0.571. The van der Waals surface area contributed by atoms with Gasteiger partial charge in [-0.1, -0.05) is 31.2 Å². The number of aryl methyl sites for hydroxylation is 1. The number of benzene rings is 1. The molecule has 0 aliphatic rings. The van der Waals surface area contributed by atoms with Crippen LogP contribution in [0.4, 0.5) is 0 Å². The Bertz CT molecular complexity index is 483. The minimum Gasteiger partial charge on any atom is -0.323 e. The molecule has 0 amide bonds. The predicted octanol–water partition coefficient (Wildman–Crippen LogP) is 1.23. The Morgan fingerprint density at radius 1 is 1.26 bits per heavy atom. The van der Waals surface area contributed by atoms with Crippen molar-refractivity contribution in [2.45, 2.75) is 19.4 Å². The van der Waals surface area contributed by atoms with Crippen molar-refractivity contribution in [2.75, 3.05) is 32.1 Å². The molecule has 1 aromatic carbocycles. The highest BCUT2D eigenvalue weighted by Crippen LogP contribution is 2.13. The molecule has 4 nitrogen and oxygen atoms in total. The van der Waals surface area contributed by atoms with Crippen molar-refractivity contribution in [1.29, 1.82) is 0 Å². The van der Waals surface area contributed by atoms with Crippen molar-refractivity contribution in [3.05, 3.63) is 35.4 Å². The summed E-state index contributed by atoms with van der Waals surface area (Å²) >= 11 is 0. The molecule has 0 saturated heterocycles. The normalized spacial score (nSPS) is 13.7. The van der Waals surface area contributed by atoms with Gasteiger partial charge >= 0.3 is 0 Å². The van der Waals surface area contributed by atoms with E-state index in [4.69, 9.17) is 5.73 Å². The van der Waals surface area contributed by atoms with E-state index < -0.39 is 9.84 Å². The first kappa shape index (κ1) is 16.1. The van der Waals surface area contributed by atoms with Crippen molar-refractivity contribution in [1.82, 2.24) is 4.90 Å². The molecule has 1 atom stereocenters. The van der Waals surface area contributed by atoms with Gasteiger partial charge in [0, 0.05) is 25.4 Å². The van der Waals surface area contributed by atoms with Crippen molar-refractivity contribution in [2.24, 2.45) is 5.73 Å². The Morgan fingerprint density at radius 3 is 2.32 bits per heavy atom. The van der Waals surface area contributed by atoms with Gasteiger partial charge in [0.2, 0.25) is 0 Å². The Hall–Kier alpha value is -0.910. The van der Waals surface area contributed by atoms with E-state index in [-0.39, 0.29) is 11.8 Å². The molecule has 0 radical (unpaired) electrons. The summed E-state index contributed by atoms with van der Waals surface area (Å²) in [5.74, 6) is 0.172. The molecule has 0 saturated carbocycles. The lowest BCUT2D eigenvalue weighted by Gasteiger charge is -2.21. The van der Waals surface area contributed by atoms with Gasteiger partial charge in [-0.05, 0) is 24.6 Å². The summed E-state index contributed by atoms with van der Waals surface area (Å²) in [6.45, 7) is 3.29. The van der Waals surface area contributed by atoms with Gasteiger partial charge in [0.05, 0.1) is 5.75 Å². The second-order valence-corrected chi connectivity index (χ2v) is 7.35. The average Bonchev–Trinajstić information content (AvgIpc) is 2.35. The van der Waals surface area contributed by atoms with Gasteiger partial charge in [0.15, 0.2) is 0 Å². The van der Waals surface area contributed by atoms with Crippen molar-refractivity contribution < 1.29 is 8.42 Å².